The quantitative estimate of drug-likeness (QED) is 0.682. The molecule has 1 aromatic carbocycles. The van der Waals surface area contributed by atoms with Crippen molar-refractivity contribution in [2.75, 3.05) is 21.3 Å². The van der Waals surface area contributed by atoms with Crippen LogP contribution in [-0.2, 0) is 11.3 Å². The largest absolute Gasteiger partial charge is 0.493 e. The minimum Gasteiger partial charge on any atom is -0.493 e. The number of methoxy groups -OCH3 is 3. The summed E-state index contributed by atoms with van der Waals surface area (Å²) in [6.07, 6.45) is 1.54. The van der Waals surface area contributed by atoms with Gasteiger partial charge in [-0.05, 0) is 30.2 Å². The van der Waals surface area contributed by atoms with Gasteiger partial charge in [0.25, 0.3) is 5.91 Å². The third kappa shape index (κ3) is 4.97. The molecule has 0 saturated heterocycles. The maximum Gasteiger partial charge on any atom is 0.252 e. The molecule has 1 heterocycles. The summed E-state index contributed by atoms with van der Waals surface area (Å²) in [7, 11) is 4.42. The number of rotatable bonds is 9. The smallest absolute Gasteiger partial charge is 0.252 e. The molecule has 0 aliphatic rings. The predicted molar refractivity (Wildman–Crippen MR) is 103 cm³/mol. The van der Waals surface area contributed by atoms with Gasteiger partial charge >= 0.3 is 0 Å². The number of hydrogen-bond acceptors (Lipinski definition) is 6. The van der Waals surface area contributed by atoms with Crippen LogP contribution in [0, 0.1) is 5.92 Å². The van der Waals surface area contributed by atoms with Crippen LogP contribution in [-0.4, -0.2) is 39.2 Å². The minimum absolute atomic E-state index is 0.123. The summed E-state index contributed by atoms with van der Waals surface area (Å²) in [5.41, 5.74) is 0.291. The Morgan fingerprint density at radius 1 is 1.07 bits per heavy atom. The zero-order chi connectivity index (χ0) is 20.7. The molecule has 0 unspecified atom stereocenters. The molecular weight excluding hydrogens is 364 g/mol. The molecule has 0 saturated carbocycles. The van der Waals surface area contributed by atoms with Gasteiger partial charge in [-0.1, -0.05) is 13.8 Å². The molecule has 0 radical (unpaired) electrons. The van der Waals surface area contributed by atoms with Gasteiger partial charge in [0, 0.05) is 5.56 Å². The van der Waals surface area contributed by atoms with Gasteiger partial charge in [0.15, 0.2) is 11.5 Å². The lowest BCUT2D eigenvalue weighted by Crippen LogP contribution is -2.49. The standard InChI is InChI=1S/C20H26N2O6/c1-12(2)17(20(24)21-11-14-7-6-8-28-14)22-19(23)13-9-15(25-3)18(27-5)16(10-13)26-4/h6-10,12,17H,11H2,1-5H3,(H,21,24)(H,22,23)/t17-/m0/s1. The van der Waals surface area contributed by atoms with E-state index in [4.69, 9.17) is 18.6 Å². The van der Waals surface area contributed by atoms with Crippen LogP contribution in [0.1, 0.15) is 30.0 Å². The highest BCUT2D eigenvalue weighted by Gasteiger charge is 2.26. The van der Waals surface area contributed by atoms with Crippen molar-refractivity contribution in [3.8, 4) is 17.2 Å². The monoisotopic (exact) mass is 390 g/mol. The average Bonchev–Trinajstić information content (AvgIpc) is 3.22. The SMILES string of the molecule is COc1cc(C(=O)N[C@H](C(=O)NCc2ccco2)C(C)C)cc(OC)c1OC. The molecular formula is C20H26N2O6. The first-order chi connectivity index (χ1) is 13.4. The molecule has 0 bridgehead atoms. The van der Waals surface area contributed by atoms with Crippen LogP contribution in [0.15, 0.2) is 34.9 Å². The fourth-order valence-corrected chi connectivity index (χ4v) is 2.67. The molecule has 1 atom stereocenters. The molecule has 2 rings (SSSR count). The molecule has 0 spiro atoms. The third-order valence-corrected chi connectivity index (χ3v) is 4.18. The van der Waals surface area contributed by atoms with Gasteiger partial charge in [0.2, 0.25) is 11.7 Å². The number of carbonyl (C=O) groups is 2. The number of carbonyl (C=O) groups excluding carboxylic acids is 2. The van der Waals surface area contributed by atoms with Crippen molar-refractivity contribution in [3.05, 3.63) is 41.9 Å². The summed E-state index contributed by atoms with van der Waals surface area (Å²) in [5, 5.41) is 5.54. The highest BCUT2D eigenvalue weighted by atomic mass is 16.5. The Bertz CT molecular complexity index is 776. The molecule has 0 fully saturated rings. The van der Waals surface area contributed by atoms with Gasteiger partial charge < -0.3 is 29.3 Å². The summed E-state index contributed by atoms with van der Waals surface area (Å²) < 4.78 is 21.0. The maximum absolute atomic E-state index is 12.8. The van der Waals surface area contributed by atoms with Crippen LogP contribution in [0.5, 0.6) is 17.2 Å². The highest BCUT2D eigenvalue weighted by Crippen LogP contribution is 2.38. The van der Waals surface area contributed by atoms with Crippen molar-refractivity contribution >= 4 is 11.8 Å². The van der Waals surface area contributed by atoms with Crippen LogP contribution in [0.3, 0.4) is 0 Å². The van der Waals surface area contributed by atoms with Crippen molar-refractivity contribution in [1.29, 1.82) is 0 Å². The fourth-order valence-electron chi connectivity index (χ4n) is 2.67. The molecule has 0 aliphatic carbocycles. The lowest BCUT2D eigenvalue weighted by molar-refractivity contribution is -0.124. The van der Waals surface area contributed by atoms with E-state index in [0.717, 1.165) is 0 Å². The number of furan rings is 1. The minimum atomic E-state index is -0.721. The van der Waals surface area contributed by atoms with E-state index in [0.29, 0.717) is 28.6 Å². The van der Waals surface area contributed by atoms with Gasteiger partial charge in [-0.2, -0.15) is 0 Å². The van der Waals surface area contributed by atoms with Crippen LogP contribution in [0.25, 0.3) is 0 Å². The first kappa shape index (κ1) is 21.1. The second kappa shape index (κ2) is 9.68. The van der Waals surface area contributed by atoms with E-state index in [-0.39, 0.29) is 18.4 Å². The van der Waals surface area contributed by atoms with E-state index in [9.17, 15) is 9.59 Å². The van der Waals surface area contributed by atoms with Gasteiger partial charge in [0.1, 0.15) is 11.8 Å². The van der Waals surface area contributed by atoms with Gasteiger partial charge in [0.05, 0.1) is 34.1 Å². The molecule has 0 aliphatic heterocycles. The van der Waals surface area contributed by atoms with E-state index in [2.05, 4.69) is 10.6 Å². The molecule has 152 valence electrons. The zero-order valence-electron chi connectivity index (χ0n) is 16.7. The normalized spacial score (nSPS) is 11.6. The lowest BCUT2D eigenvalue weighted by atomic mass is 10.0. The van der Waals surface area contributed by atoms with Gasteiger partial charge in [-0.25, -0.2) is 0 Å². The first-order valence-electron chi connectivity index (χ1n) is 8.82. The highest BCUT2D eigenvalue weighted by molar-refractivity contribution is 5.98. The predicted octanol–water partition coefficient (Wildman–Crippen LogP) is 2.38. The van der Waals surface area contributed by atoms with Crippen LogP contribution in [0.4, 0.5) is 0 Å². The molecule has 28 heavy (non-hydrogen) atoms. The molecule has 8 nitrogen and oxygen atoms in total. The Morgan fingerprint density at radius 3 is 2.18 bits per heavy atom. The van der Waals surface area contributed by atoms with Crippen LogP contribution >= 0.6 is 0 Å². The topological polar surface area (TPSA) is 99.0 Å². The second-order valence-corrected chi connectivity index (χ2v) is 6.41. The summed E-state index contributed by atoms with van der Waals surface area (Å²) >= 11 is 0. The molecule has 8 heteroatoms. The van der Waals surface area contributed by atoms with E-state index < -0.39 is 11.9 Å². The lowest BCUT2D eigenvalue weighted by Gasteiger charge is -2.22. The second-order valence-electron chi connectivity index (χ2n) is 6.41. The van der Waals surface area contributed by atoms with E-state index >= 15 is 0 Å². The van der Waals surface area contributed by atoms with Gasteiger partial charge in [-0.15, -0.1) is 0 Å². The van der Waals surface area contributed by atoms with Crippen molar-refractivity contribution in [2.24, 2.45) is 5.92 Å². The van der Waals surface area contributed by atoms with E-state index in [1.54, 1.807) is 12.1 Å². The number of ether oxygens (including phenoxy) is 3. The summed E-state index contributed by atoms with van der Waals surface area (Å²) in [6.45, 7) is 3.95. The molecule has 2 aromatic rings. The summed E-state index contributed by atoms with van der Waals surface area (Å²) in [5.74, 6) is 0.886. The number of amides is 2. The van der Waals surface area contributed by atoms with E-state index in [1.807, 2.05) is 13.8 Å². The van der Waals surface area contributed by atoms with Crippen LogP contribution < -0.4 is 24.8 Å². The van der Waals surface area contributed by atoms with E-state index in [1.165, 1.54) is 39.7 Å². The van der Waals surface area contributed by atoms with Crippen molar-refractivity contribution < 1.29 is 28.2 Å². The fraction of sp³-hybridized carbons (Fsp3) is 0.400. The third-order valence-electron chi connectivity index (χ3n) is 4.18. The average molecular weight is 390 g/mol. The Labute approximate surface area is 164 Å². The Kier molecular flexibility index (Phi) is 7.31. The molecule has 1 aromatic heterocycles. The maximum atomic E-state index is 12.8. The number of nitrogens with one attached hydrogen (secondary N) is 2. The molecule has 2 N–H and O–H groups in total. The Morgan fingerprint density at radius 2 is 1.71 bits per heavy atom. The Hall–Kier alpha value is -3.16. The summed E-state index contributed by atoms with van der Waals surface area (Å²) in [4.78, 5) is 25.3. The van der Waals surface area contributed by atoms with Gasteiger partial charge in [-0.3, -0.25) is 9.59 Å². The van der Waals surface area contributed by atoms with Crippen molar-refractivity contribution in [3.63, 3.8) is 0 Å². The van der Waals surface area contributed by atoms with Crippen molar-refractivity contribution in [1.82, 2.24) is 10.6 Å². The zero-order valence-corrected chi connectivity index (χ0v) is 16.7. The number of hydrogen-bond donors (Lipinski definition) is 2. The first-order valence-corrected chi connectivity index (χ1v) is 8.82. The van der Waals surface area contributed by atoms with Crippen molar-refractivity contribution in [2.45, 2.75) is 26.4 Å². The van der Waals surface area contributed by atoms with Crippen LogP contribution in [0.2, 0.25) is 0 Å². The Balaban J connectivity index is 2.16. The molecule has 2 amide bonds. The number of benzene rings is 1. The summed E-state index contributed by atoms with van der Waals surface area (Å²) in [6, 6.07) is 5.86.